The van der Waals surface area contributed by atoms with Gasteiger partial charge in [0, 0.05) is 20.3 Å². The molecule has 0 bridgehead atoms. The van der Waals surface area contributed by atoms with Crippen molar-refractivity contribution in [3.05, 3.63) is 24.3 Å². The van der Waals surface area contributed by atoms with Crippen LogP contribution in [0.3, 0.4) is 0 Å². The summed E-state index contributed by atoms with van der Waals surface area (Å²) >= 11 is 0. The normalized spacial score (nSPS) is 12.2. The molecule has 1 atom stereocenters. The van der Waals surface area contributed by atoms with Crippen molar-refractivity contribution >= 4 is 17.9 Å². The fourth-order valence-corrected chi connectivity index (χ4v) is 2.90. The van der Waals surface area contributed by atoms with Gasteiger partial charge in [-0.2, -0.15) is 0 Å². The molecule has 0 radical (unpaired) electrons. The van der Waals surface area contributed by atoms with Gasteiger partial charge in [-0.25, -0.2) is 0 Å². The van der Waals surface area contributed by atoms with Gasteiger partial charge < -0.3 is 14.2 Å². The summed E-state index contributed by atoms with van der Waals surface area (Å²) in [5, 5.41) is 0. The van der Waals surface area contributed by atoms with Crippen LogP contribution < -0.4 is 0 Å². The van der Waals surface area contributed by atoms with Crippen molar-refractivity contribution in [3.63, 3.8) is 0 Å². The van der Waals surface area contributed by atoms with E-state index in [1.807, 2.05) is 0 Å². The first kappa shape index (κ1) is 28.9. The van der Waals surface area contributed by atoms with Gasteiger partial charge in [-0.05, 0) is 38.5 Å². The van der Waals surface area contributed by atoms with Crippen LogP contribution in [0.15, 0.2) is 24.3 Å². The van der Waals surface area contributed by atoms with E-state index in [4.69, 9.17) is 14.2 Å². The highest BCUT2D eigenvalue weighted by atomic mass is 16.6. The second kappa shape index (κ2) is 21.1. The molecule has 178 valence electrons. The van der Waals surface area contributed by atoms with Crippen molar-refractivity contribution in [1.29, 1.82) is 0 Å². The first-order chi connectivity index (χ1) is 15.0. The van der Waals surface area contributed by atoms with Gasteiger partial charge in [-0.15, -0.1) is 0 Å². The van der Waals surface area contributed by atoms with Crippen LogP contribution in [0.5, 0.6) is 0 Å². The highest BCUT2D eigenvalue weighted by Crippen LogP contribution is 2.09. The molecule has 6 nitrogen and oxygen atoms in total. The van der Waals surface area contributed by atoms with Crippen molar-refractivity contribution in [1.82, 2.24) is 0 Å². The van der Waals surface area contributed by atoms with Crippen LogP contribution in [-0.4, -0.2) is 37.2 Å². The molecular formula is C25H42O6. The van der Waals surface area contributed by atoms with Crippen molar-refractivity contribution in [2.45, 2.75) is 104 Å². The molecule has 0 aromatic heterocycles. The van der Waals surface area contributed by atoms with E-state index >= 15 is 0 Å². The SMILES string of the molecule is CCCCCC=CCC=CCCCCCCCC(=O)OCC(COC(C)=O)OC(C)=O. The van der Waals surface area contributed by atoms with E-state index in [1.54, 1.807) is 0 Å². The number of ether oxygens (including phenoxy) is 3. The number of carbonyl (C=O) groups excluding carboxylic acids is 3. The van der Waals surface area contributed by atoms with Gasteiger partial charge in [0.15, 0.2) is 6.10 Å². The maximum absolute atomic E-state index is 11.8. The average molecular weight is 439 g/mol. The summed E-state index contributed by atoms with van der Waals surface area (Å²) in [5.74, 6) is -1.32. The van der Waals surface area contributed by atoms with E-state index in [0.717, 1.165) is 38.5 Å². The van der Waals surface area contributed by atoms with Gasteiger partial charge in [0.1, 0.15) is 13.2 Å². The third kappa shape index (κ3) is 22.4. The molecule has 0 saturated heterocycles. The van der Waals surface area contributed by atoms with Crippen LogP contribution in [0.2, 0.25) is 0 Å². The van der Waals surface area contributed by atoms with Crippen molar-refractivity contribution < 1.29 is 28.6 Å². The molecule has 0 saturated carbocycles. The lowest BCUT2D eigenvalue weighted by Crippen LogP contribution is -2.29. The lowest BCUT2D eigenvalue weighted by Gasteiger charge is -2.16. The minimum atomic E-state index is -0.769. The molecule has 0 spiro atoms. The summed E-state index contributed by atoms with van der Waals surface area (Å²) in [5.41, 5.74) is 0. The van der Waals surface area contributed by atoms with Crippen molar-refractivity contribution in [2.24, 2.45) is 0 Å². The molecular weight excluding hydrogens is 396 g/mol. The van der Waals surface area contributed by atoms with E-state index in [1.165, 1.54) is 46.0 Å². The number of hydrogen-bond acceptors (Lipinski definition) is 6. The summed E-state index contributed by atoms with van der Waals surface area (Å²) in [7, 11) is 0. The highest BCUT2D eigenvalue weighted by molar-refractivity contribution is 5.69. The average Bonchev–Trinajstić information content (AvgIpc) is 2.72. The molecule has 0 rings (SSSR count). The van der Waals surface area contributed by atoms with Crippen LogP contribution >= 0.6 is 0 Å². The summed E-state index contributed by atoms with van der Waals surface area (Å²) in [6.07, 6.45) is 21.0. The third-order valence-corrected chi connectivity index (χ3v) is 4.57. The van der Waals surface area contributed by atoms with E-state index in [-0.39, 0.29) is 19.2 Å². The van der Waals surface area contributed by atoms with E-state index in [9.17, 15) is 14.4 Å². The Balaban J connectivity index is 3.64. The molecule has 0 aromatic carbocycles. The zero-order valence-corrected chi connectivity index (χ0v) is 19.7. The standard InChI is InChI=1S/C25H42O6/c1-4-5-6-7-8-9-10-11-12-13-14-15-16-17-18-19-25(28)30-21-24(31-23(3)27)20-29-22(2)26/h8-9,11-12,24H,4-7,10,13-21H2,1-3H3. The predicted octanol–water partition coefficient (Wildman–Crippen LogP) is 5.84. The smallest absolute Gasteiger partial charge is 0.305 e. The lowest BCUT2D eigenvalue weighted by molar-refractivity contribution is -0.164. The first-order valence-electron chi connectivity index (χ1n) is 11.7. The quantitative estimate of drug-likeness (QED) is 0.109. The second-order valence-corrected chi connectivity index (χ2v) is 7.70. The van der Waals surface area contributed by atoms with Crippen molar-refractivity contribution in [2.75, 3.05) is 13.2 Å². The maximum Gasteiger partial charge on any atom is 0.305 e. The molecule has 0 amide bonds. The molecule has 0 aliphatic carbocycles. The number of carbonyl (C=O) groups is 3. The third-order valence-electron chi connectivity index (χ3n) is 4.57. The fourth-order valence-electron chi connectivity index (χ4n) is 2.90. The minimum Gasteiger partial charge on any atom is -0.462 e. The Morgan fingerprint density at radius 3 is 1.90 bits per heavy atom. The lowest BCUT2D eigenvalue weighted by atomic mass is 10.1. The predicted molar refractivity (Wildman–Crippen MR) is 123 cm³/mol. The first-order valence-corrected chi connectivity index (χ1v) is 11.7. The van der Waals surface area contributed by atoms with Gasteiger partial charge in [0.25, 0.3) is 0 Å². The number of unbranched alkanes of at least 4 members (excludes halogenated alkanes) is 8. The Hall–Kier alpha value is -2.11. The van der Waals surface area contributed by atoms with E-state index in [2.05, 4.69) is 31.2 Å². The molecule has 0 N–H and O–H groups in total. The van der Waals surface area contributed by atoms with Gasteiger partial charge >= 0.3 is 17.9 Å². The molecule has 0 aliphatic rings. The zero-order valence-electron chi connectivity index (χ0n) is 19.7. The van der Waals surface area contributed by atoms with E-state index in [0.29, 0.717) is 6.42 Å². The largest absolute Gasteiger partial charge is 0.462 e. The number of rotatable bonds is 19. The summed E-state index contributed by atoms with van der Waals surface area (Å²) in [6.45, 7) is 4.52. The van der Waals surface area contributed by atoms with Gasteiger partial charge in [0.2, 0.25) is 0 Å². The Labute approximate surface area is 188 Å². The minimum absolute atomic E-state index is 0.105. The van der Waals surface area contributed by atoms with Crippen LogP contribution in [0.4, 0.5) is 0 Å². The van der Waals surface area contributed by atoms with Crippen LogP contribution in [-0.2, 0) is 28.6 Å². The van der Waals surface area contributed by atoms with Gasteiger partial charge in [0.05, 0.1) is 0 Å². The van der Waals surface area contributed by atoms with Crippen LogP contribution in [0, 0.1) is 0 Å². The number of allylic oxidation sites excluding steroid dienone is 4. The Morgan fingerprint density at radius 1 is 0.710 bits per heavy atom. The highest BCUT2D eigenvalue weighted by Gasteiger charge is 2.16. The molecule has 0 heterocycles. The van der Waals surface area contributed by atoms with Gasteiger partial charge in [-0.3, -0.25) is 14.4 Å². The van der Waals surface area contributed by atoms with Crippen LogP contribution in [0.25, 0.3) is 0 Å². The Bertz CT molecular complexity index is 538. The zero-order chi connectivity index (χ0) is 23.2. The molecule has 31 heavy (non-hydrogen) atoms. The number of hydrogen-bond donors (Lipinski definition) is 0. The van der Waals surface area contributed by atoms with Crippen molar-refractivity contribution in [3.8, 4) is 0 Å². The van der Waals surface area contributed by atoms with E-state index < -0.39 is 18.0 Å². The second-order valence-electron chi connectivity index (χ2n) is 7.70. The molecule has 6 heteroatoms. The number of esters is 3. The topological polar surface area (TPSA) is 78.9 Å². The van der Waals surface area contributed by atoms with Crippen LogP contribution in [0.1, 0.15) is 97.8 Å². The maximum atomic E-state index is 11.8. The van der Waals surface area contributed by atoms with Gasteiger partial charge in [-0.1, -0.05) is 63.3 Å². The summed E-state index contributed by atoms with van der Waals surface area (Å²) in [6, 6.07) is 0. The molecule has 0 fully saturated rings. The monoisotopic (exact) mass is 438 g/mol. The summed E-state index contributed by atoms with van der Waals surface area (Å²) < 4.78 is 14.9. The Kier molecular flexibility index (Phi) is 19.7. The summed E-state index contributed by atoms with van der Waals surface area (Å²) in [4.78, 5) is 33.7. The Morgan fingerprint density at radius 2 is 1.29 bits per heavy atom. The fraction of sp³-hybridized carbons (Fsp3) is 0.720. The molecule has 0 aliphatic heterocycles. The molecule has 1 unspecified atom stereocenters. The molecule has 0 aromatic rings.